The van der Waals surface area contributed by atoms with E-state index in [9.17, 15) is 4.79 Å². The minimum Gasteiger partial charge on any atom is -0.364 e. The molecule has 3 rings (SSSR count). The third kappa shape index (κ3) is 4.45. The molecule has 146 valence electrons. The molecule has 1 amide bonds. The van der Waals surface area contributed by atoms with Crippen LogP contribution in [0.25, 0.3) is 22.6 Å². The van der Waals surface area contributed by atoms with Crippen LogP contribution in [-0.2, 0) is 9.53 Å². The van der Waals surface area contributed by atoms with Crippen molar-refractivity contribution in [2.24, 2.45) is 0 Å². The summed E-state index contributed by atoms with van der Waals surface area (Å²) < 4.78 is 10.5. The Hall–Kier alpha value is -1.76. The summed E-state index contributed by atoms with van der Waals surface area (Å²) in [7, 11) is 1.47. The van der Waals surface area contributed by atoms with Gasteiger partial charge in [-0.25, -0.2) is 0 Å². The number of rotatable bonds is 6. The third-order valence-corrected chi connectivity index (χ3v) is 4.89. The smallest absolute Gasteiger partial charge is 0.262 e. The number of halogens is 4. The van der Waals surface area contributed by atoms with Gasteiger partial charge in [0, 0.05) is 30.0 Å². The van der Waals surface area contributed by atoms with E-state index >= 15 is 0 Å². The van der Waals surface area contributed by atoms with Crippen molar-refractivity contribution >= 4 is 58.0 Å². The first-order chi connectivity index (χ1) is 13.4. The SMILES string of the molecule is COCN(C(=O)C(Cl)Cl)c1cccc(-c2cc(-c3c(Cl)cccc3Cl)no2)c1. The van der Waals surface area contributed by atoms with Gasteiger partial charge in [-0.1, -0.05) is 69.8 Å². The molecule has 0 bridgehead atoms. The second-order valence-corrected chi connectivity index (χ2v) is 7.62. The van der Waals surface area contributed by atoms with Crippen molar-refractivity contribution in [1.82, 2.24) is 5.16 Å². The predicted molar refractivity (Wildman–Crippen MR) is 112 cm³/mol. The summed E-state index contributed by atoms with van der Waals surface area (Å²) in [5, 5.41) is 5.00. The average molecular weight is 460 g/mol. The molecule has 28 heavy (non-hydrogen) atoms. The Labute approximate surface area is 181 Å². The molecule has 0 atom stereocenters. The van der Waals surface area contributed by atoms with Crippen LogP contribution in [0.1, 0.15) is 0 Å². The summed E-state index contributed by atoms with van der Waals surface area (Å²) in [4.78, 5) is 12.4. The lowest BCUT2D eigenvalue weighted by atomic mass is 10.1. The number of carbonyl (C=O) groups excluding carboxylic acids is 1. The number of alkyl halides is 2. The van der Waals surface area contributed by atoms with E-state index in [0.717, 1.165) is 0 Å². The van der Waals surface area contributed by atoms with Gasteiger partial charge in [0.15, 0.2) is 10.6 Å². The maximum absolute atomic E-state index is 12.3. The van der Waals surface area contributed by atoms with Crippen molar-refractivity contribution < 1.29 is 14.1 Å². The molecule has 0 N–H and O–H groups in total. The van der Waals surface area contributed by atoms with E-state index in [1.54, 1.807) is 42.5 Å². The zero-order chi connectivity index (χ0) is 20.3. The lowest BCUT2D eigenvalue weighted by Crippen LogP contribution is -2.36. The summed E-state index contributed by atoms with van der Waals surface area (Å²) >= 11 is 23.9. The van der Waals surface area contributed by atoms with Gasteiger partial charge in [-0.3, -0.25) is 9.69 Å². The Balaban J connectivity index is 1.97. The molecule has 0 saturated heterocycles. The van der Waals surface area contributed by atoms with E-state index in [1.807, 2.05) is 6.07 Å². The van der Waals surface area contributed by atoms with Crippen molar-refractivity contribution in [3.05, 3.63) is 58.6 Å². The molecule has 0 unspecified atom stereocenters. The second-order valence-electron chi connectivity index (χ2n) is 5.71. The molecule has 0 aliphatic heterocycles. The number of benzene rings is 2. The van der Waals surface area contributed by atoms with Gasteiger partial charge in [0.2, 0.25) is 0 Å². The molecule has 1 aromatic heterocycles. The minimum atomic E-state index is -1.21. The van der Waals surface area contributed by atoms with Crippen molar-refractivity contribution in [1.29, 1.82) is 0 Å². The van der Waals surface area contributed by atoms with Crippen LogP contribution in [0.15, 0.2) is 53.1 Å². The molecule has 3 aromatic rings. The normalized spacial score (nSPS) is 11.1. The number of ether oxygens (including phenoxy) is 1. The molecule has 2 aromatic carbocycles. The summed E-state index contributed by atoms with van der Waals surface area (Å²) in [6.45, 7) is -0.00485. The van der Waals surface area contributed by atoms with Gasteiger partial charge >= 0.3 is 0 Å². The molecule has 1 heterocycles. The average Bonchev–Trinajstić information content (AvgIpc) is 3.15. The van der Waals surface area contributed by atoms with E-state index in [0.29, 0.717) is 38.3 Å². The van der Waals surface area contributed by atoms with E-state index in [1.165, 1.54) is 12.0 Å². The van der Waals surface area contributed by atoms with Crippen molar-refractivity contribution in [3.8, 4) is 22.6 Å². The quantitative estimate of drug-likeness (QED) is 0.332. The van der Waals surface area contributed by atoms with E-state index in [-0.39, 0.29) is 6.73 Å². The highest BCUT2D eigenvalue weighted by molar-refractivity contribution is 6.54. The fourth-order valence-electron chi connectivity index (χ4n) is 2.61. The van der Waals surface area contributed by atoms with Crippen LogP contribution in [0.5, 0.6) is 0 Å². The summed E-state index contributed by atoms with van der Waals surface area (Å²) in [5.74, 6) is -0.0191. The van der Waals surface area contributed by atoms with Crippen LogP contribution in [-0.4, -0.2) is 29.7 Å². The van der Waals surface area contributed by atoms with Gasteiger partial charge in [0.1, 0.15) is 12.4 Å². The number of methoxy groups -OCH3 is 1. The molecule has 0 fully saturated rings. The highest BCUT2D eigenvalue weighted by atomic mass is 35.5. The largest absolute Gasteiger partial charge is 0.364 e. The van der Waals surface area contributed by atoms with Gasteiger partial charge < -0.3 is 9.26 Å². The Kier molecular flexibility index (Phi) is 6.86. The Bertz CT molecular complexity index is 971. The monoisotopic (exact) mass is 458 g/mol. The zero-order valence-corrected chi connectivity index (χ0v) is 17.6. The molecule has 0 aliphatic carbocycles. The molecule has 9 heteroatoms. The number of hydrogen-bond donors (Lipinski definition) is 0. The predicted octanol–water partition coefficient (Wildman–Crippen LogP) is 6.06. The number of nitrogens with zero attached hydrogens (tertiary/aromatic N) is 2. The number of carbonyl (C=O) groups is 1. The lowest BCUT2D eigenvalue weighted by Gasteiger charge is -2.22. The number of aromatic nitrogens is 1. The summed E-state index contributed by atoms with van der Waals surface area (Å²) in [5.41, 5.74) is 2.32. The number of amides is 1. The van der Waals surface area contributed by atoms with Crippen LogP contribution in [0, 0.1) is 0 Å². The standard InChI is InChI=1S/C19H14Cl4N2O3/c1-27-10-25(19(26)18(22)23)12-5-2-4-11(8-12)16-9-15(24-28-16)17-13(20)6-3-7-14(17)21/h2-9,18H,10H2,1H3. The molecular weight excluding hydrogens is 446 g/mol. The van der Waals surface area contributed by atoms with Gasteiger partial charge in [-0.05, 0) is 24.3 Å². The topological polar surface area (TPSA) is 55.6 Å². The van der Waals surface area contributed by atoms with E-state index < -0.39 is 10.7 Å². The second kappa shape index (κ2) is 9.16. The maximum atomic E-state index is 12.3. The van der Waals surface area contributed by atoms with Gasteiger partial charge in [-0.15, -0.1) is 0 Å². The molecule has 0 aliphatic rings. The van der Waals surface area contributed by atoms with Crippen LogP contribution in [0.3, 0.4) is 0 Å². The highest BCUT2D eigenvalue weighted by Gasteiger charge is 2.22. The zero-order valence-electron chi connectivity index (χ0n) is 14.5. The van der Waals surface area contributed by atoms with E-state index in [4.69, 9.17) is 55.7 Å². The third-order valence-electron chi connectivity index (χ3n) is 3.88. The first kappa shape index (κ1) is 21.0. The van der Waals surface area contributed by atoms with Gasteiger partial charge in [0.25, 0.3) is 5.91 Å². The Morgan fingerprint density at radius 3 is 2.46 bits per heavy atom. The van der Waals surface area contributed by atoms with Gasteiger partial charge in [0.05, 0.1) is 10.0 Å². The van der Waals surface area contributed by atoms with Crippen LogP contribution >= 0.6 is 46.4 Å². The Morgan fingerprint density at radius 1 is 1.14 bits per heavy atom. The fourth-order valence-corrected chi connectivity index (χ4v) is 3.44. The van der Waals surface area contributed by atoms with Crippen LogP contribution < -0.4 is 4.90 Å². The van der Waals surface area contributed by atoms with Gasteiger partial charge in [-0.2, -0.15) is 0 Å². The first-order valence-corrected chi connectivity index (χ1v) is 9.65. The minimum absolute atomic E-state index is 0.00485. The van der Waals surface area contributed by atoms with Crippen molar-refractivity contribution in [3.63, 3.8) is 0 Å². The summed E-state index contributed by atoms with van der Waals surface area (Å²) in [6, 6.07) is 14.0. The molecule has 0 saturated carbocycles. The van der Waals surface area contributed by atoms with Crippen molar-refractivity contribution in [2.75, 3.05) is 18.7 Å². The highest BCUT2D eigenvalue weighted by Crippen LogP contribution is 2.36. The fraction of sp³-hybridized carbons (Fsp3) is 0.158. The Morgan fingerprint density at radius 2 is 1.82 bits per heavy atom. The van der Waals surface area contributed by atoms with Crippen LogP contribution in [0.2, 0.25) is 10.0 Å². The van der Waals surface area contributed by atoms with E-state index in [2.05, 4.69) is 5.16 Å². The van der Waals surface area contributed by atoms with Crippen molar-refractivity contribution in [2.45, 2.75) is 4.84 Å². The number of hydrogen-bond acceptors (Lipinski definition) is 4. The summed E-state index contributed by atoms with van der Waals surface area (Å²) in [6.07, 6.45) is 0. The molecular formula is C19H14Cl4N2O3. The lowest BCUT2D eigenvalue weighted by molar-refractivity contribution is -0.118. The molecule has 0 radical (unpaired) electrons. The molecule has 5 nitrogen and oxygen atoms in total. The van der Waals surface area contributed by atoms with Crippen LogP contribution in [0.4, 0.5) is 5.69 Å². The number of anilines is 1. The maximum Gasteiger partial charge on any atom is 0.262 e. The first-order valence-electron chi connectivity index (χ1n) is 8.02. The molecule has 0 spiro atoms.